The van der Waals surface area contributed by atoms with Crippen LogP contribution >= 0.6 is 0 Å². The van der Waals surface area contributed by atoms with E-state index in [1.54, 1.807) is 13.8 Å². The molecule has 0 atom stereocenters. The first-order valence-electron chi connectivity index (χ1n) is 13.1. The molecule has 5 heteroatoms. The summed E-state index contributed by atoms with van der Waals surface area (Å²) in [4.78, 5) is 15.8. The van der Waals surface area contributed by atoms with Gasteiger partial charge in [0.15, 0.2) is 0 Å². The van der Waals surface area contributed by atoms with E-state index in [0.717, 1.165) is 67.4 Å². The van der Waals surface area contributed by atoms with Gasteiger partial charge in [-0.05, 0) is 106 Å². The van der Waals surface area contributed by atoms with Gasteiger partial charge in [0.1, 0.15) is 0 Å². The van der Waals surface area contributed by atoms with Gasteiger partial charge in [-0.3, -0.25) is 4.79 Å². The molecule has 4 saturated carbocycles. The predicted molar refractivity (Wildman–Crippen MR) is 140 cm³/mol. The van der Waals surface area contributed by atoms with Gasteiger partial charge >= 0.3 is 0 Å². The van der Waals surface area contributed by atoms with E-state index in [9.17, 15) is 15.0 Å². The fraction of sp³-hybridized carbons (Fsp3) is 0.567. The Kier molecular flexibility index (Phi) is 5.90. The highest BCUT2D eigenvalue weighted by Gasteiger charge is 2.50. The number of anilines is 1. The molecule has 2 bridgehead atoms. The zero-order valence-corrected chi connectivity index (χ0v) is 21.4. The Bertz CT molecular complexity index is 1070. The van der Waals surface area contributed by atoms with Crippen molar-refractivity contribution in [3.8, 4) is 11.1 Å². The van der Waals surface area contributed by atoms with Crippen LogP contribution < -0.4 is 10.6 Å². The summed E-state index contributed by atoms with van der Waals surface area (Å²) in [6.45, 7) is 6.12. The lowest BCUT2D eigenvalue weighted by Crippen LogP contribution is -2.57. The fourth-order valence-electron chi connectivity index (χ4n) is 6.48. The summed E-state index contributed by atoms with van der Waals surface area (Å²) in [5.41, 5.74) is 8.98. The third-order valence-electron chi connectivity index (χ3n) is 9.02. The molecule has 0 heterocycles. The number of nitrogens with zero attached hydrogens (tertiary/aromatic N) is 1. The van der Waals surface area contributed by atoms with E-state index < -0.39 is 11.2 Å². The van der Waals surface area contributed by atoms with Crippen LogP contribution in [0.25, 0.3) is 11.1 Å². The number of carbonyl (C=O) groups is 1. The van der Waals surface area contributed by atoms with Crippen molar-refractivity contribution in [2.24, 2.45) is 17.1 Å². The molecule has 4 N–H and O–H groups in total. The monoisotopic (exact) mass is 476 g/mol. The Hall–Kier alpha value is -2.21. The van der Waals surface area contributed by atoms with Crippen LogP contribution in [0.1, 0.15) is 77.7 Å². The average molecular weight is 477 g/mol. The first-order chi connectivity index (χ1) is 16.4. The molecule has 0 aliphatic heterocycles. The Morgan fingerprint density at radius 1 is 1.00 bits per heavy atom. The first-order valence-corrected chi connectivity index (χ1v) is 13.1. The SMILES string of the molecule is CC1(O)CC(C(=O)N(CC23CCC(N)(CC2)CC3)c2cccc(-c3ccc(C(C)(C)O)cc3)c2)C1. The quantitative estimate of drug-likeness (QED) is 0.540. The number of nitrogens with two attached hydrogens (primary N) is 1. The van der Waals surface area contributed by atoms with Crippen molar-refractivity contribution in [2.75, 3.05) is 11.4 Å². The predicted octanol–water partition coefficient (Wildman–Crippen LogP) is 5.13. The Balaban J connectivity index is 1.44. The van der Waals surface area contributed by atoms with E-state index in [0.29, 0.717) is 12.8 Å². The number of fused-ring (bicyclic) bond motifs is 3. The molecule has 0 aromatic heterocycles. The van der Waals surface area contributed by atoms with Crippen LogP contribution in [0.4, 0.5) is 5.69 Å². The minimum atomic E-state index is -0.881. The number of aliphatic hydroxyl groups is 2. The third kappa shape index (κ3) is 4.91. The second-order valence-electron chi connectivity index (χ2n) is 12.6. The number of benzene rings is 2. The molecular weight excluding hydrogens is 436 g/mol. The van der Waals surface area contributed by atoms with Crippen LogP contribution in [0.5, 0.6) is 0 Å². The molecule has 0 radical (unpaired) electrons. The van der Waals surface area contributed by atoms with Crippen molar-refractivity contribution >= 4 is 11.6 Å². The molecular formula is C30H40N2O3. The van der Waals surface area contributed by atoms with Crippen LogP contribution in [0, 0.1) is 11.3 Å². The van der Waals surface area contributed by atoms with Gasteiger partial charge in [-0.15, -0.1) is 0 Å². The van der Waals surface area contributed by atoms with E-state index in [1.807, 2.05) is 48.2 Å². The molecule has 0 unspecified atom stereocenters. The van der Waals surface area contributed by atoms with Crippen molar-refractivity contribution in [2.45, 2.75) is 88.9 Å². The standard InChI is InChI=1S/C30H40N2O3/c1-27(2,34)24-9-7-21(8-10-24)22-5-4-6-25(17-22)32(26(33)23-18-28(3,35)19-23)20-29-11-14-30(31,15-12-29)16-13-29/h4-10,17,23,34-35H,11-16,18-20,31H2,1-3H3. The smallest absolute Gasteiger partial charge is 0.230 e. The minimum absolute atomic E-state index is 0.00151. The minimum Gasteiger partial charge on any atom is -0.390 e. The number of amides is 1. The summed E-state index contributed by atoms with van der Waals surface area (Å²) in [7, 11) is 0. The molecule has 6 rings (SSSR count). The molecule has 1 amide bonds. The fourth-order valence-corrected chi connectivity index (χ4v) is 6.48. The average Bonchev–Trinajstić information content (AvgIpc) is 2.81. The molecule has 35 heavy (non-hydrogen) atoms. The first kappa shape index (κ1) is 24.5. The Morgan fingerprint density at radius 3 is 2.14 bits per heavy atom. The summed E-state index contributed by atoms with van der Waals surface area (Å²) < 4.78 is 0. The topological polar surface area (TPSA) is 86.8 Å². The maximum Gasteiger partial charge on any atom is 0.230 e. The maximum atomic E-state index is 13.8. The Labute approximate surface area is 209 Å². The second kappa shape index (κ2) is 8.43. The van der Waals surface area contributed by atoms with Crippen LogP contribution in [0.15, 0.2) is 48.5 Å². The normalized spacial score (nSPS) is 32.2. The van der Waals surface area contributed by atoms with E-state index >= 15 is 0 Å². The second-order valence-corrected chi connectivity index (χ2v) is 12.6. The van der Waals surface area contributed by atoms with Crippen LogP contribution in [0.3, 0.4) is 0 Å². The van der Waals surface area contributed by atoms with E-state index in [1.165, 1.54) is 0 Å². The highest BCUT2D eigenvalue weighted by atomic mass is 16.3. The van der Waals surface area contributed by atoms with Crippen molar-refractivity contribution in [3.63, 3.8) is 0 Å². The zero-order chi connectivity index (χ0) is 25.1. The molecule has 0 spiro atoms. The van der Waals surface area contributed by atoms with Gasteiger partial charge in [-0.25, -0.2) is 0 Å². The van der Waals surface area contributed by atoms with Gasteiger partial charge in [0.2, 0.25) is 5.91 Å². The number of rotatable bonds is 6. The Morgan fingerprint density at radius 2 is 1.60 bits per heavy atom. The lowest BCUT2D eigenvalue weighted by atomic mass is 9.57. The number of hydrogen-bond donors (Lipinski definition) is 3. The largest absolute Gasteiger partial charge is 0.390 e. The lowest BCUT2D eigenvalue weighted by Gasteiger charge is -2.53. The van der Waals surface area contributed by atoms with Gasteiger partial charge < -0.3 is 20.8 Å². The van der Waals surface area contributed by atoms with Gasteiger partial charge in [0, 0.05) is 23.7 Å². The molecule has 188 valence electrons. The molecule has 4 fully saturated rings. The molecule has 2 aromatic rings. The van der Waals surface area contributed by atoms with Crippen LogP contribution in [-0.4, -0.2) is 33.8 Å². The van der Waals surface area contributed by atoms with E-state index in [2.05, 4.69) is 12.1 Å². The van der Waals surface area contributed by atoms with Crippen molar-refractivity contribution in [1.82, 2.24) is 0 Å². The van der Waals surface area contributed by atoms with E-state index in [4.69, 9.17) is 5.73 Å². The molecule has 0 saturated heterocycles. The maximum absolute atomic E-state index is 13.8. The van der Waals surface area contributed by atoms with Crippen LogP contribution in [-0.2, 0) is 10.4 Å². The summed E-state index contributed by atoms with van der Waals surface area (Å²) in [5.74, 6) is 0.00694. The van der Waals surface area contributed by atoms with Gasteiger partial charge in [-0.2, -0.15) is 0 Å². The van der Waals surface area contributed by atoms with Gasteiger partial charge in [0.25, 0.3) is 0 Å². The van der Waals surface area contributed by atoms with Gasteiger partial charge in [0.05, 0.1) is 11.2 Å². The molecule has 4 aliphatic carbocycles. The summed E-state index contributed by atoms with van der Waals surface area (Å²) >= 11 is 0. The summed E-state index contributed by atoms with van der Waals surface area (Å²) in [5, 5.41) is 20.6. The van der Waals surface area contributed by atoms with Gasteiger partial charge in [-0.1, -0.05) is 36.4 Å². The van der Waals surface area contributed by atoms with Crippen LogP contribution in [0.2, 0.25) is 0 Å². The lowest BCUT2D eigenvalue weighted by molar-refractivity contribution is -0.136. The third-order valence-corrected chi connectivity index (χ3v) is 9.02. The molecule has 4 aliphatic rings. The zero-order valence-electron chi connectivity index (χ0n) is 21.4. The number of carbonyl (C=O) groups excluding carboxylic acids is 1. The highest BCUT2D eigenvalue weighted by Crippen LogP contribution is 2.52. The van der Waals surface area contributed by atoms with Crippen molar-refractivity contribution < 1.29 is 15.0 Å². The van der Waals surface area contributed by atoms with E-state index in [-0.39, 0.29) is 22.8 Å². The summed E-state index contributed by atoms with van der Waals surface area (Å²) in [6.07, 6.45) is 7.41. The van der Waals surface area contributed by atoms with Crippen molar-refractivity contribution in [3.05, 3.63) is 54.1 Å². The number of hydrogen-bond acceptors (Lipinski definition) is 4. The molecule has 5 nitrogen and oxygen atoms in total. The summed E-state index contributed by atoms with van der Waals surface area (Å²) in [6, 6.07) is 16.2. The van der Waals surface area contributed by atoms with Crippen molar-refractivity contribution in [1.29, 1.82) is 0 Å². The molecule has 2 aromatic carbocycles. The highest BCUT2D eigenvalue weighted by molar-refractivity contribution is 5.96.